The van der Waals surface area contributed by atoms with E-state index < -0.39 is 12.3 Å². The molecular weight excluding hydrogens is 137 g/mol. The Balaban J connectivity index is 0.000000250. The van der Waals surface area contributed by atoms with Crippen molar-refractivity contribution in [2.45, 2.75) is 0 Å². The summed E-state index contributed by atoms with van der Waals surface area (Å²) >= 11 is 0. The Labute approximate surface area is 47.1 Å². The van der Waals surface area contributed by atoms with Crippen LogP contribution in [0.4, 0.5) is 0 Å². The zero-order valence-corrected chi connectivity index (χ0v) is 5.94. The summed E-state index contributed by atoms with van der Waals surface area (Å²) < 4.78 is 3.75. The normalized spacial score (nSPS) is 15.5. The third-order valence-electron chi connectivity index (χ3n) is 0.322. The van der Waals surface area contributed by atoms with Gasteiger partial charge in [0.2, 0.25) is 5.97 Å². The van der Waals surface area contributed by atoms with E-state index in [2.05, 4.69) is 4.74 Å². The van der Waals surface area contributed by atoms with E-state index in [1.165, 1.54) is 0 Å². The Bertz CT molecular complexity index is 71.2. The molecule has 0 aromatic carbocycles. The molecule has 0 spiro atoms. The molecule has 1 aliphatic rings. The van der Waals surface area contributed by atoms with Crippen molar-refractivity contribution in [3.8, 4) is 0 Å². The average molecular weight is 138 g/mol. The minimum atomic E-state index is -0.606. The number of ether oxygens (including phenoxy) is 1. The molecule has 4 heteroatoms. The quantitative estimate of drug-likeness (QED) is 0.276. The molecule has 1 rings (SSSR count). The molecule has 0 amide bonds. The number of aliphatic hydroxyl groups is 1. The van der Waals surface area contributed by atoms with E-state index in [0.717, 1.165) is 0 Å². The van der Waals surface area contributed by atoms with Gasteiger partial charge < -0.3 is 9.84 Å². The van der Waals surface area contributed by atoms with E-state index >= 15 is 0 Å². The van der Waals surface area contributed by atoms with Gasteiger partial charge in [0.15, 0.2) is 0 Å². The molecule has 1 aliphatic heterocycles. The van der Waals surface area contributed by atoms with Crippen molar-refractivity contribution in [3.05, 3.63) is 6.29 Å². The number of hydrogen-bond donors (Lipinski definition) is 1. The summed E-state index contributed by atoms with van der Waals surface area (Å²) in [7, 11) is 0. The molecule has 0 bridgehead atoms. The van der Waals surface area contributed by atoms with Gasteiger partial charge in [-0.3, -0.25) is 4.79 Å². The molecule has 0 radical (unpaired) electrons. The Morgan fingerprint density at radius 2 is 2.00 bits per heavy atom. The van der Waals surface area contributed by atoms with E-state index in [-0.39, 0.29) is 19.5 Å². The molecule has 1 fully saturated rings. The van der Waals surface area contributed by atoms with Gasteiger partial charge in [-0.1, -0.05) is 0 Å². The number of carbonyl (C=O) groups excluding carboxylic acids is 1. The topological polar surface area (TPSA) is 49.8 Å². The molecule has 1 heterocycles. The van der Waals surface area contributed by atoms with Crippen molar-refractivity contribution < 1.29 is 34.1 Å². The largest absolute Gasteiger partial charge is 0.596 e. The van der Waals surface area contributed by atoms with Gasteiger partial charge in [0.1, 0.15) is 0 Å². The number of aliphatic hydroxyl groups excluding tert-OH is 1. The van der Waals surface area contributed by atoms with Crippen LogP contribution in [-0.2, 0) is 29.0 Å². The average Bonchev–Trinajstić information content (AvgIpc) is 1.79. The maximum Gasteiger partial charge on any atom is 0.204 e. The fraction of sp³-hybridized carbons (Fsp3) is 0. The molecular formula is C2HO3Zn-. The molecule has 6 heavy (non-hydrogen) atoms. The Morgan fingerprint density at radius 3 is 2.00 bits per heavy atom. The number of cyclic esters (lactones) is 1. The first-order valence-corrected chi connectivity index (χ1v) is 1.09. The Kier molecular flexibility index (Phi) is 1.56. The van der Waals surface area contributed by atoms with Gasteiger partial charge >= 0.3 is 0 Å². The molecule has 0 unspecified atom stereocenters. The van der Waals surface area contributed by atoms with Gasteiger partial charge in [-0.25, -0.2) is 0 Å². The summed E-state index contributed by atoms with van der Waals surface area (Å²) in [5.74, 6) is -0.606. The number of carbonyl (C=O) groups is 1. The Hall–Kier alpha value is -0.0766. The van der Waals surface area contributed by atoms with Crippen molar-refractivity contribution in [1.82, 2.24) is 0 Å². The molecule has 0 aliphatic carbocycles. The fourth-order valence-electron chi connectivity index (χ4n) is 0.0623. The first-order chi connectivity index (χ1) is 2.30. The fourth-order valence-corrected chi connectivity index (χ4v) is 0.0623. The molecule has 0 aromatic rings. The first kappa shape index (κ1) is 5.92. The van der Waals surface area contributed by atoms with Crippen LogP contribution < -0.4 is 0 Å². The SMILES string of the molecule is O=C1O[C-]1O.[Zn]. The minimum Gasteiger partial charge on any atom is -0.596 e. The molecule has 0 aromatic heterocycles. The van der Waals surface area contributed by atoms with E-state index in [0.29, 0.717) is 0 Å². The Morgan fingerprint density at radius 1 is 1.83 bits per heavy atom. The monoisotopic (exact) mass is 137 g/mol. The molecule has 0 atom stereocenters. The zero-order valence-electron chi connectivity index (χ0n) is 2.97. The predicted octanol–water partition coefficient (Wildman–Crippen LogP) is -0.597. The van der Waals surface area contributed by atoms with Crippen molar-refractivity contribution in [2.75, 3.05) is 0 Å². The van der Waals surface area contributed by atoms with E-state index in [1.54, 1.807) is 0 Å². The van der Waals surface area contributed by atoms with Gasteiger partial charge in [-0.05, 0) is 0 Å². The van der Waals surface area contributed by atoms with E-state index in [4.69, 9.17) is 5.11 Å². The number of rotatable bonds is 0. The standard InChI is InChI=1S/C2HO3.Zn/c3-1-2(4)5-1;/h3H;/q-1;. The summed E-state index contributed by atoms with van der Waals surface area (Å²) in [5.41, 5.74) is 0. The summed E-state index contributed by atoms with van der Waals surface area (Å²) in [5, 5.41) is 7.78. The maximum atomic E-state index is 9.38. The van der Waals surface area contributed by atoms with E-state index in [1.807, 2.05) is 0 Å². The maximum absolute atomic E-state index is 9.38. The molecule has 30 valence electrons. The van der Waals surface area contributed by atoms with Gasteiger partial charge in [-0.15, -0.1) is 0 Å². The summed E-state index contributed by atoms with van der Waals surface area (Å²) in [6.07, 6.45) is -0.468. The molecule has 1 saturated heterocycles. The van der Waals surface area contributed by atoms with Crippen molar-refractivity contribution >= 4 is 5.97 Å². The van der Waals surface area contributed by atoms with Gasteiger partial charge in [-0.2, -0.15) is 0 Å². The van der Waals surface area contributed by atoms with E-state index in [9.17, 15) is 4.79 Å². The van der Waals surface area contributed by atoms with Crippen LogP contribution in [0.3, 0.4) is 0 Å². The number of hydrogen-bond acceptors (Lipinski definition) is 3. The van der Waals surface area contributed by atoms with Gasteiger partial charge in [0, 0.05) is 25.8 Å². The van der Waals surface area contributed by atoms with Crippen LogP contribution in [0.15, 0.2) is 0 Å². The molecule has 1 N–H and O–H groups in total. The van der Waals surface area contributed by atoms with Crippen LogP contribution in [0.1, 0.15) is 0 Å². The molecule has 3 nitrogen and oxygen atoms in total. The molecule has 0 saturated carbocycles. The van der Waals surface area contributed by atoms with Crippen LogP contribution in [0.5, 0.6) is 0 Å². The van der Waals surface area contributed by atoms with Crippen molar-refractivity contribution in [1.29, 1.82) is 0 Å². The number of epoxide rings is 1. The van der Waals surface area contributed by atoms with Gasteiger partial charge in [0.05, 0.1) is 0 Å². The second-order valence-corrected chi connectivity index (χ2v) is 0.695. The minimum absolute atomic E-state index is 0. The predicted molar refractivity (Wildman–Crippen MR) is 11.3 cm³/mol. The van der Waals surface area contributed by atoms with Crippen molar-refractivity contribution in [3.63, 3.8) is 0 Å². The van der Waals surface area contributed by atoms with Crippen LogP contribution in [-0.4, -0.2) is 11.1 Å². The van der Waals surface area contributed by atoms with Crippen LogP contribution in [0.2, 0.25) is 0 Å². The summed E-state index contributed by atoms with van der Waals surface area (Å²) in [4.78, 5) is 9.38. The second-order valence-electron chi connectivity index (χ2n) is 0.695. The van der Waals surface area contributed by atoms with Crippen LogP contribution in [0.25, 0.3) is 0 Å². The third-order valence-corrected chi connectivity index (χ3v) is 0.322. The smallest absolute Gasteiger partial charge is 0.204 e. The summed E-state index contributed by atoms with van der Waals surface area (Å²) in [6.45, 7) is 0. The van der Waals surface area contributed by atoms with Gasteiger partial charge in [0.25, 0.3) is 0 Å². The zero-order chi connectivity index (χ0) is 3.86. The van der Waals surface area contributed by atoms with Crippen LogP contribution >= 0.6 is 0 Å². The second kappa shape index (κ2) is 1.58. The first-order valence-electron chi connectivity index (χ1n) is 1.09. The van der Waals surface area contributed by atoms with Crippen LogP contribution in [0, 0.1) is 6.29 Å². The van der Waals surface area contributed by atoms with Crippen molar-refractivity contribution in [2.24, 2.45) is 0 Å². The third kappa shape index (κ3) is 0.956. The summed E-state index contributed by atoms with van der Waals surface area (Å²) in [6, 6.07) is 0.